The lowest BCUT2D eigenvalue weighted by molar-refractivity contribution is -0.114. The number of carbonyl (C=O) groups is 1. The van der Waals surface area contributed by atoms with Gasteiger partial charge in [-0.1, -0.05) is 31.0 Å². The summed E-state index contributed by atoms with van der Waals surface area (Å²) in [5, 5.41) is 17.4. The fourth-order valence-electron chi connectivity index (χ4n) is 1.43. The SMILES string of the molecule is CCCC/C(O)=C(/N=Nc1ccc(C)cc1)C(N)=O. The second kappa shape index (κ2) is 7.31. The van der Waals surface area contributed by atoms with E-state index >= 15 is 0 Å². The molecule has 19 heavy (non-hydrogen) atoms. The normalized spacial score (nSPS) is 12.5. The molecule has 0 spiro atoms. The molecule has 0 aromatic heterocycles. The second-order valence-corrected chi connectivity index (χ2v) is 4.30. The van der Waals surface area contributed by atoms with Gasteiger partial charge in [-0.3, -0.25) is 4.79 Å². The molecule has 0 aliphatic heterocycles. The van der Waals surface area contributed by atoms with Crippen molar-refractivity contribution < 1.29 is 9.90 Å². The minimum atomic E-state index is -0.774. The number of allylic oxidation sites excluding steroid dienone is 1. The Balaban J connectivity index is 2.89. The third-order valence-corrected chi connectivity index (χ3v) is 2.57. The smallest absolute Gasteiger partial charge is 0.272 e. The highest BCUT2D eigenvalue weighted by atomic mass is 16.3. The highest BCUT2D eigenvalue weighted by molar-refractivity contribution is 5.91. The number of rotatable bonds is 6. The van der Waals surface area contributed by atoms with Crippen LogP contribution in [0.4, 0.5) is 5.69 Å². The van der Waals surface area contributed by atoms with Crippen molar-refractivity contribution in [1.82, 2.24) is 0 Å². The molecule has 0 heterocycles. The predicted molar refractivity (Wildman–Crippen MR) is 74.1 cm³/mol. The topological polar surface area (TPSA) is 88.0 Å². The van der Waals surface area contributed by atoms with E-state index in [9.17, 15) is 9.90 Å². The van der Waals surface area contributed by atoms with Crippen LogP contribution in [0, 0.1) is 6.92 Å². The highest BCUT2D eigenvalue weighted by Gasteiger charge is 2.11. The Morgan fingerprint density at radius 3 is 2.47 bits per heavy atom. The number of azo groups is 1. The van der Waals surface area contributed by atoms with E-state index < -0.39 is 5.91 Å². The number of primary amides is 1. The third-order valence-electron chi connectivity index (χ3n) is 2.57. The Hall–Kier alpha value is -2.17. The number of nitrogens with two attached hydrogens (primary N) is 1. The van der Waals surface area contributed by atoms with Crippen LogP contribution in [0.2, 0.25) is 0 Å². The van der Waals surface area contributed by atoms with Gasteiger partial charge in [-0.2, -0.15) is 5.11 Å². The molecular weight excluding hydrogens is 242 g/mol. The lowest BCUT2D eigenvalue weighted by Crippen LogP contribution is -2.14. The summed E-state index contributed by atoms with van der Waals surface area (Å²) in [5.41, 5.74) is 6.73. The van der Waals surface area contributed by atoms with Crippen LogP contribution in [-0.2, 0) is 4.79 Å². The molecule has 0 saturated carbocycles. The Bertz CT molecular complexity index is 490. The first-order valence-electron chi connectivity index (χ1n) is 6.25. The number of hydrogen-bond acceptors (Lipinski definition) is 4. The van der Waals surface area contributed by atoms with Crippen LogP contribution < -0.4 is 5.73 Å². The number of aliphatic hydroxyl groups is 1. The lowest BCUT2D eigenvalue weighted by atomic mass is 10.2. The maximum Gasteiger partial charge on any atom is 0.272 e. The second-order valence-electron chi connectivity index (χ2n) is 4.30. The van der Waals surface area contributed by atoms with E-state index in [1.165, 1.54) is 0 Å². The summed E-state index contributed by atoms with van der Waals surface area (Å²) in [6.45, 7) is 3.96. The summed E-state index contributed by atoms with van der Waals surface area (Å²) in [6.07, 6.45) is 2.05. The molecule has 1 amide bonds. The van der Waals surface area contributed by atoms with E-state index in [0.29, 0.717) is 12.1 Å². The van der Waals surface area contributed by atoms with Crippen molar-refractivity contribution in [2.45, 2.75) is 33.1 Å². The summed E-state index contributed by atoms with van der Waals surface area (Å²) in [5.74, 6) is -0.880. The number of aryl methyl sites for hydroxylation is 1. The van der Waals surface area contributed by atoms with E-state index in [4.69, 9.17) is 5.73 Å². The zero-order valence-corrected chi connectivity index (χ0v) is 11.3. The standard InChI is InChI=1S/C14H19N3O2/c1-3-4-5-12(18)13(14(15)19)17-16-11-8-6-10(2)7-9-11/h6-9,18H,3-5H2,1-2H3,(H2,15,19)/b13-12-,17-16?. The first-order valence-corrected chi connectivity index (χ1v) is 6.25. The average Bonchev–Trinajstić information content (AvgIpc) is 2.38. The largest absolute Gasteiger partial charge is 0.510 e. The Kier molecular flexibility index (Phi) is 5.73. The molecule has 0 aliphatic carbocycles. The molecule has 102 valence electrons. The van der Waals surface area contributed by atoms with Crippen LogP contribution in [0.5, 0.6) is 0 Å². The number of benzene rings is 1. The number of aliphatic hydroxyl groups excluding tert-OH is 1. The van der Waals surface area contributed by atoms with Gasteiger partial charge in [0.25, 0.3) is 5.91 Å². The number of amides is 1. The van der Waals surface area contributed by atoms with Gasteiger partial charge in [0.1, 0.15) is 5.76 Å². The monoisotopic (exact) mass is 261 g/mol. The molecule has 0 unspecified atom stereocenters. The van der Waals surface area contributed by atoms with Gasteiger partial charge in [0.15, 0.2) is 5.70 Å². The molecular formula is C14H19N3O2. The van der Waals surface area contributed by atoms with Gasteiger partial charge in [-0.05, 0) is 25.5 Å². The van der Waals surface area contributed by atoms with Crippen LogP contribution in [0.15, 0.2) is 46.0 Å². The van der Waals surface area contributed by atoms with Crippen LogP contribution in [0.3, 0.4) is 0 Å². The lowest BCUT2D eigenvalue weighted by Gasteiger charge is -2.01. The predicted octanol–water partition coefficient (Wildman–Crippen LogP) is 3.52. The maximum absolute atomic E-state index is 11.2. The van der Waals surface area contributed by atoms with Crippen LogP contribution in [0.25, 0.3) is 0 Å². The van der Waals surface area contributed by atoms with Gasteiger partial charge in [-0.15, -0.1) is 5.11 Å². The van der Waals surface area contributed by atoms with Gasteiger partial charge >= 0.3 is 0 Å². The van der Waals surface area contributed by atoms with Crippen molar-refractivity contribution in [3.63, 3.8) is 0 Å². The Morgan fingerprint density at radius 2 is 1.95 bits per heavy atom. The molecule has 1 rings (SSSR count). The van der Waals surface area contributed by atoms with Gasteiger partial charge in [0.2, 0.25) is 0 Å². The zero-order valence-electron chi connectivity index (χ0n) is 11.3. The van der Waals surface area contributed by atoms with Crippen LogP contribution >= 0.6 is 0 Å². The van der Waals surface area contributed by atoms with E-state index in [0.717, 1.165) is 18.4 Å². The van der Waals surface area contributed by atoms with Gasteiger partial charge in [-0.25, -0.2) is 0 Å². The molecule has 0 aliphatic rings. The molecule has 5 heteroatoms. The fourth-order valence-corrected chi connectivity index (χ4v) is 1.43. The quantitative estimate of drug-likeness (QED) is 0.466. The average molecular weight is 261 g/mol. The molecule has 0 saturated heterocycles. The summed E-state index contributed by atoms with van der Waals surface area (Å²) < 4.78 is 0. The van der Waals surface area contributed by atoms with Crippen molar-refractivity contribution in [2.75, 3.05) is 0 Å². The van der Waals surface area contributed by atoms with Crippen LogP contribution in [-0.4, -0.2) is 11.0 Å². The number of hydrogen-bond donors (Lipinski definition) is 2. The van der Waals surface area contributed by atoms with Gasteiger partial charge < -0.3 is 10.8 Å². The van der Waals surface area contributed by atoms with E-state index in [-0.39, 0.29) is 11.5 Å². The summed E-state index contributed by atoms with van der Waals surface area (Å²) >= 11 is 0. The molecule has 1 aromatic rings. The molecule has 0 radical (unpaired) electrons. The van der Waals surface area contributed by atoms with Crippen molar-refractivity contribution in [1.29, 1.82) is 0 Å². The number of nitrogens with zero attached hydrogens (tertiary/aromatic N) is 2. The molecule has 0 bridgehead atoms. The van der Waals surface area contributed by atoms with E-state index in [1.807, 2.05) is 26.0 Å². The molecule has 1 aromatic carbocycles. The van der Waals surface area contributed by atoms with Gasteiger partial charge in [0.05, 0.1) is 5.69 Å². The summed E-state index contributed by atoms with van der Waals surface area (Å²) in [6, 6.07) is 7.33. The van der Waals surface area contributed by atoms with Crippen molar-refractivity contribution >= 4 is 11.6 Å². The Labute approximate surface area is 112 Å². The number of carbonyl (C=O) groups excluding carboxylic acids is 1. The minimum Gasteiger partial charge on any atom is -0.510 e. The number of unbranched alkanes of at least 4 members (excludes halogenated alkanes) is 1. The van der Waals surface area contributed by atoms with Crippen molar-refractivity contribution in [3.05, 3.63) is 41.3 Å². The molecule has 0 atom stereocenters. The van der Waals surface area contributed by atoms with Crippen molar-refractivity contribution in [3.8, 4) is 0 Å². The highest BCUT2D eigenvalue weighted by Crippen LogP contribution is 2.17. The molecule has 3 N–H and O–H groups in total. The first kappa shape index (κ1) is 14.9. The van der Waals surface area contributed by atoms with Crippen LogP contribution in [0.1, 0.15) is 31.7 Å². The van der Waals surface area contributed by atoms with E-state index in [1.54, 1.807) is 12.1 Å². The Morgan fingerprint density at radius 1 is 1.32 bits per heavy atom. The fraction of sp³-hybridized carbons (Fsp3) is 0.357. The summed E-state index contributed by atoms with van der Waals surface area (Å²) in [4.78, 5) is 11.2. The maximum atomic E-state index is 11.2. The summed E-state index contributed by atoms with van der Waals surface area (Å²) in [7, 11) is 0. The molecule has 0 fully saturated rings. The first-order chi connectivity index (χ1) is 9.04. The van der Waals surface area contributed by atoms with E-state index in [2.05, 4.69) is 10.2 Å². The minimum absolute atomic E-state index is 0.106. The van der Waals surface area contributed by atoms with Gasteiger partial charge in [0, 0.05) is 6.42 Å². The molecule has 5 nitrogen and oxygen atoms in total. The van der Waals surface area contributed by atoms with Crippen molar-refractivity contribution in [2.24, 2.45) is 16.0 Å². The zero-order chi connectivity index (χ0) is 14.3. The third kappa shape index (κ3) is 4.91.